The average molecular weight is 477 g/mol. The van der Waals surface area contributed by atoms with E-state index in [1.807, 2.05) is 0 Å². The third-order valence-electron chi connectivity index (χ3n) is 4.15. The third-order valence-corrected chi connectivity index (χ3v) is 7.41. The number of aromatic nitrogens is 2. The van der Waals surface area contributed by atoms with E-state index in [1.165, 1.54) is 58.5 Å². The van der Waals surface area contributed by atoms with Crippen LogP contribution in [0.25, 0.3) is 0 Å². The number of nitrogens with zero attached hydrogens (tertiary/aromatic N) is 2. The summed E-state index contributed by atoms with van der Waals surface area (Å²) in [6, 6.07) is 13.6. The van der Waals surface area contributed by atoms with Crippen molar-refractivity contribution in [1.82, 2.24) is 21.0 Å². The normalized spacial score (nSPS) is 10.8. The summed E-state index contributed by atoms with van der Waals surface area (Å²) < 4.78 is 14.4. The zero-order valence-corrected chi connectivity index (χ0v) is 19.4. The Morgan fingerprint density at radius 3 is 2.26 bits per heavy atom. The molecule has 3 rings (SSSR count). The lowest BCUT2D eigenvalue weighted by Crippen LogP contribution is -2.42. The van der Waals surface area contributed by atoms with Crippen LogP contribution in [0.5, 0.6) is 0 Å². The summed E-state index contributed by atoms with van der Waals surface area (Å²) in [7, 11) is 0. The molecule has 0 aliphatic heterocycles. The molecule has 0 atom stereocenters. The van der Waals surface area contributed by atoms with Gasteiger partial charge in [0, 0.05) is 11.3 Å². The molecule has 0 radical (unpaired) electrons. The lowest BCUT2D eigenvalue weighted by molar-refractivity contribution is -0.119. The van der Waals surface area contributed by atoms with Crippen LogP contribution >= 0.6 is 34.9 Å². The molecule has 1 aromatic heterocycles. The van der Waals surface area contributed by atoms with E-state index in [1.54, 1.807) is 11.8 Å². The summed E-state index contributed by atoms with van der Waals surface area (Å²) in [5.74, 6) is 0.0609. The van der Waals surface area contributed by atoms with Gasteiger partial charge < -0.3 is 0 Å². The second kappa shape index (κ2) is 11.3. The highest BCUT2D eigenvalue weighted by molar-refractivity contribution is 8.03. The second-order valence-corrected chi connectivity index (χ2v) is 10.2. The maximum Gasteiger partial charge on any atom is 0.269 e. The minimum absolute atomic E-state index is 0.0830. The lowest BCUT2D eigenvalue weighted by atomic mass is 10.0. The SMILES string of the molecule is CC(C)c1ccc(CSc2nnc(SCC(=O)NNC(=O)c3ccc(F)cc3)s2)cc1. The van der Waals surface area contributed by atoms with E-state index < -0.39 is 11.7 Å². The second-order valence-electron chi connectivity index (χ2n) is 6.82. The molecular formula is C21H21FN4O2S3. The molecule has 0 bridgehead atoms. The largest absolute Gasteiger partial charge is 0.272 e. The van der Waals surface area contributed by atoms with Crippen LogP contribution < -0.4 is 10.9 Å². The fourth-order valence-corrected chi connectivity index (χ4v) is 5.20. The molecule has 0 saturated heterocycles. The van der Waals surface area contributed by atoms with Crippen molar-refractivity contribution in [2.24, 2.45) is 0 Å². The molecule has 2 N–H and O–H groups in total. The summed E-state index contributed by atoms with van der Waals surface area (Å²) in [4.78, 5) is 23.8. The first-order valence-electron chi connectivity index (χ1n) is 9.43. The molecule has 0 aliphatic rings. The number of hydrogen-bond acceptors (Lipinski definition) is 7. The van der Waals surface area contributed by atoms with Crippen LogP contribution in [0.15, 0.2) is 57.2 Å². The van der Waals surface area contributed by atoms with Gasteiger partial charge in [-0.05, 0) is 41.3 Å². The summed E-state index contributed by atoms with van der Waals surface area (Å²) >= 11 is 4.27. The van der Waals surface area contributed by atoms with Crippen molar-refractivity contribution in [3.63, 3.8) is 0 Å². The monoisotopic (exact) mass is 476 g/mol. The molecule has 2 amide bonds. The number of hydrogen-bond donors (Lipinski definition) is 2. The number of carbonyl (C=O) groups excluding carboxylic acids is 2. The van der Waals surface area contributed by atoms with E-state index in [4.69, 9.17) is 0 Å². The number of rotatable bonds is 8. The highest BCUT2D eigenvalue weighted by Gasteiger charge is 2.11. The molecule has 3 aromatic rings. The van der Waals surface area contributed by atoms with Gasteiger partial charge in [0.25, 0.3) is 5.91 Å². The van der Waals surface area contributed by atoms with Gasteiger partial charge in [-0.1, -0.05) is 73.0 Å². The van der Waals surface area contributed by atoms with Crippen molar-refractivity contribution in [3.05, 3.63) is 71.0 Å². The van der Waals surface area contributed by atoms with Gasteiger partial charge in [0.05, 0.1) is 5.75 Å². The topological polar surface area (TPSA) is 84.0 Å². The molecule has 0 unspecified atom stereocenters. The van der Waals surface area contributed by atoms with Crippen molar-refractivity contribution in [2.75, 3.05) is 5.75 Å². The van der Waals surface area contributed by atoms with E-state index >= 15 is 0 Å². The summed E-state index contributed by atoms with van der Waals surface area (Å²) in [5.41, 5.74) is 7.41. The number of amides is 2. The standard InChI is InChI=1S/C21H21FN4O2S3/c1-13(2)15-5-3-14(4-6-15)11-29-20-25-26-21(31-20)30-12-18(27)23-24-19(28)16-7-9-17(22)10-8-16/h3-10,13H,11-12H2,1-2H3,(H,23,27)(H,24,28). The molecule has 0 fully saturated rings. The Kier molecular flexibility index (Phi) is 8.44. The van der Waals surface area contributed by atoms with E-state index in [9.17, 15) is 14.0 Å². The summed E-state index contributed by atoms with van der Waals surface area (Å²) in [6.07, 6.45) is 0. The van der Waals surface area contributed by atoms with E-state index in [0.717, 1.165) is 10.1 Å². The van der Waals surface area contributed by atoms with Crippen LogP contribution in [-0.2, 0) is 10.5 Å². The van der Waals surface area contributed by atoms with Crippen LogP contribution in [0.1, 0.15) is 41.3 Å². The zero-order chi connectivity index (χ0) is 22.2. The number of halogens is 1. The summed E-state index contributed by atoms with van der Waals surface area (Å²) in [5, 5.41) is 8.25. The molecule has 1 heterocycles. The van der Waals surface area contributed by atoms with Gasteiger partial charge in [-0.15, -0.1) is 10.2 Å². The van der Waals surface area contributed by atoms with Crippen LogP contribution in [0.4, 0.5) is 4.39 Å². The fraction of sp³-hybridized carbons (Fsp3) is 0.238. The van der Waals surface area contributed by atoms with Crippen molar-refractivity contribution in [1.29, 1.82) is 0 Å². The first kappa shape index (κ1) is 23.2. The minimum atomic E-state index is -0.519. The highest BCUT2D eigenvalue weighted by atomic mass is 32.2. The van der Waals surface area contributed by atoms with Gasteiger partial charge >= 0.3 is 0 Å². The van der Waals surface area contributed by atoms with Crippen molar-refractivity contribution in [3.8, 4) is 0 Å². The van der Waals surface area contributed by atoms with Gasteiger partial charge in [-0.25, -0.2) is 4.39 Å². The number of nitrogens with one attached hydrogen (secondary N) is 2. The third kappa shape index (κ3) is 7.34. The van der Waals surface area contributed by atoms with Crippen molar-refractivity contribution >= 4 is 46.7 Å². The number of benzene rings is 2. The molecule has 31 heavy (non-hydrogen) atoms. The van der Waals surface area contributed by atoms with Crippen LogP contribution in [0.2, 0.25) is 0 Å². The lowest BCUT2D eigenvalue weighted by Gasteiger charge is -2.06. The Morgan fingerprint density at radius 1 is 0.968 bits per heavy atom. The van der Waals surface area contributed by atoms with Crippen molar-refractivity contribution in [2.45, 2.75) is 34.2 Å². The first-order valence-corrected chi connectivity index (χ1v) is 12.2. The molecule has 162 valence electrons. The van der Waals surface area contributed by atoms with Crippen molar-refractivity contribution < 1.29 is 14.0 Å². The van der Waals surface area contributed by atoms with Gasteiger partial charge in [0.1, 0.15) is 5.82 Å². The predicted molar refractivity (Wildman–Crippen MR) is 123 cm³/mol. The fourth-order valence-electron chi connectivity index (χ4n) is 2.42. The Hall–Kier alpha value is -2.43. The van der Waals surface area contributed by atoms with Crippen LogP contribution in [0.3, 0.4) is 0 Å². The smallest absolute Gasteiger partial charge is 0.269 e. The Balaban J connectivity index is 1.39. The van der Waals surface area contributed by atoms with E-state index in [-0.39, 0.29) is 17.2 Å². The number of thioether (sulfide) groups is 2. The quantitative estimate of drug-likeness (QED) is 0.364. The highest BCUT2D eigenvalue weighted by Crippen LogP contribution is 2.30. The molecule has 6 nitrogen and oxygen atoms in total. The Bertz CT molecular complexity index is 1020. The van der Waals surface area contributed by atoms with E-state index in [2.05, 4.69) is 59.2 Å². The van der Waals surface area contributed by atoms with Gasteiger partial charge in [-0.3, -0.25) is 20.4 Å². The molecular weight excluding hydrogens is 455 g/mol. The predicted octanol–water partition coefficient (Wildman–Crippen LogP) is 4.65. The average Bonchev–Trinajstić information content (AvgIpc) is 3.23. The maximum atomic E-state index is 12.9. The van der Waals surface area contributed by atoms with Crippen LogP contribution in [0, 0.1) is 5.82 Å². The molecule has 0 aliphatic carbocycles. The molecule has 2 aromatic carbocycles. The first-order chi connectivity index (χ1) is 14.9. The van der Waals surface area contributed by atoms with Gasteiger partial charge in [0.2, 0.25) is 5.91 Å². The molecule has 0 saturated carbocycles. The number of carbonyl (C=O) groups is 2. The molecule has 0 spiro atoms. The Morgan fingerprint density at radius 2 is 1.61 bits per heavy atom. The Labute approximate surface area is 192 Å². The number of hydrazine groups is 1. The van der Waals surface area contributed by atoms with Gasteiger partial charge in [-0.2, -0.15) is 0 Å². The zero-order valence-electron chi connectivity index (χ0n) is 16.9. The molecule has 10 heteroatoms. The van der Waals surface area contributed by atoms with Crippen LogP contribution in [-0.4, -0.2) is 27.8 Å². The summed E-state index contributed by atoms with van der Waals surface area (Å²) in [6.45, 7) is 4.34. The van der Waals surface area contributed by atoms with Gasteiger partial charge in [0.15, 0.2) is 8.68 Å². The van der Waals surface area contributed by atoms with E-state index in [0.29, 0.717) is 10.3 Å². The minimum Gasteiger partial charge on any atom is -0.272 e. The maximum absolute atomic E-state index is 12.9.